The van der Waals surface area contributed by atoms with Gasteiger partial charge < -0.3 is 20.3 Å². The number of aromatic nitrogens is 1. The van der Waals surface area contributed by atoms with Crippen molar-refractivity contribution in [2.24, 2.45) is 4.99 Å². The Hall–Kier alpha value is -2.50. The monoisotopic (exact) mass is 583 g/mol. The number of thioether (sulfide) groups is 1. The van der Waals surface area contributed by atoms with E-state index in [9.17, 15) is 9.59 Å². The Bertz CT molecular complexity index is 1330. The minimum absolute atomic E-state index is 0.0928. The highest BCUT2D eigenvalue weighted by molar-refractivity contribution is 8.13. The summed E-state index contributed by atoms with van der Waals surface area (Å²) in [5.41, 5.74) is 1.07. The number of hydrogen-bond acceptors (Lipinski definition) is 8. The summed E-state index contributed by atoms with van der Waals surface area (Å²) in [6, 6.07) is 6.09. The largest absolute Gasteiger partial charge is 0.494 e. The molecule has 0 aliphatic carbocycles. The van der Waals surface area contributed by atoms with Crippen LogP contribution in [-0.4, -0.2) is 53.3 Å². The highest BCUT2D eigenvalue weighted by Crippen LogP contribution is 2.36. The highest BCUT2D eigenvalue weighted by atomic mass is 35.5. The first-order valence-corrected chi connectivity index (χ1v) is 13.8. The SMILES string of the molecule is COc1cc(Cl)cc(C(=O)Nc2ccc(Cl)cn2)c1NC(=O)c1scc(CN2CCN=C2SC)c1Cl. The lowest BCUT2D eigenvalue weighted by atomic mass is 10.1. The van der Waals surface area contributed by atoms with Crippen molar-refractivity contribution in [2.75, 3.05) is 37.1 Å². The number of methoxy groups -OCH3 is 1. The molecule has 0 spiro atoms. The van der Waals surface area contributed by atoms with Crippen LogP contribution >= 0.6 is 57.9 Å². The average molecular weight is 585 g/mol. The number of amides is 2. The van der Waals surface area contributed by atoms with Crippen molar-refractivity contribution in [3.63, 3.8) is 0 Å². The third-order valence-corrected chi connectivity index (χ3v) is 7.94. The lowest BCUT2D eigenvalue weighted by Gasteiger charge is -2.18. The number of pyridine rings is 1. The number of aliphatic imine (C=N–C) groups is 1. The molecule has 1 aliphatic rings. The zero-order chi connectivity index (χ0) is 25.8. The zero-order valence-electron chi connectivity index (χ0n) is 19.1. The highest BCUT2D eigenvalue weighted by Gasteiger charge is 2.25. The van der Waals surface area contributed by atoms with Gasteiger partial charge in [-0.1, -0.05) is 46.6 Å². The molecule has 8 nitrogen and oxygen atoms in total. The van der Waals surface area contributed by atoms with E-state index in [1.165, 1.54) is 36.8 Å². The first-order valence-electron chi connectivity index (χ1n) is 10.5. The molecule has 0 saturated carbocycles. The summed E-state index contributed by atoms with van der Waals surface area (Å²) in [7, 11) is 1.42. The number of carbonyl (C=O) groups excluding carboxylic acids is 2. The van der Waals surface area contributed by atoms with Crippen molar-refractivity contribution < 1.29 is 14.3 Å². The number of thiophene rings is 1. The molecule has 0 atom stereocenters. The molecule has 13 heteroatoms. The quantitative estimate of drug-likeness (QED) is 0.346. The van der Waals surface area contributed by atoms with Crippen molar-refractivity contribution in [3.8, 4) is 5.75 Å². The van der Waals surface area contributed by atoms with Gasteiger partial charge in [0.1, 0.15) is 16.4 Å². The van der Waals surface area contributed by atoms with Crippen LogP contribution in [0, 0.1) is 0 Å². The Kier molecular flexibility index (Phi) is 8.63. The number of rotatable bonds is 7. The fraction of sp³-hybridized carbons (Fsp3) is 0.217. The molecule has 2 N–H and O–H groups in total. The fourth-order valence-corrected chi connectivity index (χ4v) is 5.70. The molecule has 0 radical (unpaired) electrons. The van der Waals surface area contributed by atoms with E-state index in [1.807, 2.05) is 11.6 Å². The summed E-state index contributed by atoms with van der Waals surface area (Å²) < 4.78 is 5.40. The van der Waals surface area contributed by atoms with E-state index in [0.717, 1.165) is 23.8 Å². The van der Waals surface area contributed by atoms with E-state index in [2.05, 4.69) is 25.5 Å². The van der Waals surface area contributed by atoms with Crippen molar-refractivity contribution in [3.05, 3.63) is 66.9 Å². The number of halogens is 3. The van der Waals surface area contributed by atoms with Gasteiger partial charge in [-0.3, -0.25) is 14.6 Å². The molecule has 0 saturated heterocycles. The number of nitrogens with zero attached hydrogens (tertiary/aromatic N) is 3. The summed E-state index contributed by atoms with van der Waals surface area (Å²) in [6.07, 6.45) is 3.38. The molecule has 1 aliphatic heterocycles. The normalized spacial score (nSPS) is 12.9. The molecule has 0 unspecified atom stereocenters. The van der Waals surface area contributed by atoms with Crippen LogP contribution in [0.1, 0.15) is 25.6 Å². The minimum atomic E-state index is -0.545. The lowest BCUT2D eigenvalue weighted by molar-refractivity contribution is 0.102. The third-order valence-electron chi connectivity index (χ3n) is 5.18. The number of anilines is 2. The molecule has 3 heterocycles. The first-order chi connectivity index (χ1) is 17.3. The average Bonchev–Trinajstić information content (AvgIpc) is 3.47. The second-order valence-corrected chi connectivity index (χ2v) is 10.4. The van der Waals surface area contributed by atoms with E-state index < -0.39 is 11.8 Å². The fourth-order valence-electron chi connectivity index (χ4n) is 3.50. The molecule has 188 valence electrons. The first kappa shape index (κ1) is 26.6. The van der Waals surface area contributed by atoms with Gasteiger partial charge in [-0.25, -0.2) is 4.98 Å². The van der Waals surface area contributed by atoms with Gasteiger partial charge in [-0.05, 0) is 29.8 Å². The Balaban J connectivity index is 1.59. The van der Waals surface area contributed by atoms with Gasteiger partial charge in [0.05, 0.1) is 35.0 Å². The van der Waals surface area contributed by atoms with E-state index >= 15 is 0 Å². The van der Waals surface area contributed by atoms with E-state index in [0.29, 0.717) is 21.5 Å². The van der Waals surface area contributed by atoms with Crippen LogP contribution in [0.15, 0.2) is 40.8 Å². The van der Waals surface area contributed by atoms with Gasteiger partial charge in [0, 0.05) is 35.9 Å². The third kappa shape index (κ3) is 5.90. The summed E-state index contributed by atoms with van der Waals surface area (Å²) in [5, 5.41) is 9.28. The number of ether oxygens (including phenoxy) is 1. The summed E-state index contributed by atoms with van der Waals surface area (Å²) in [5.74, 6) is -0.523. The Morgan fingerprint density at radius 1 is 1.17 bits per heavy atom. The van der Waals surface area contributed by atoms with Crippen LogP contribution in [0.2, 0.25) is 15.1 Å². The molecule has 4 rings (SSSR count). The molecule has 1 aromatic carbocycles. The number of amidine groups is 1. The summed E-state index contributed by atoms with van der Waals surface area (Å²) in [4.78, 5) is 37.3. The number of nitrogens with one attached hydrogen (secondary N) is 2. The molecule has 2 aromatic heterocycles. The second-order valence-electron chi connectivity index (χ2n) is 7.49. The number of benzene rings is 1. The van der Waals surface area contributed by atoms with Crippen molar-refractivity contribution >= 4 is 86.4 Å². The van der Waals surface area contributed by atoms with E-state index in [4.69, 9.17) is 39.5 Å². The maximum atomic E-state index is 13.3. The molecular weight excluding hydrogens is 565 g/mol. The maximum absolute atomic E-state index is 13.3. The molecule has 0 bridgehead atoms. The van der Waals surface area contributed by atoms with Crippen molar-refractivity contribution in [2.45, 2.75) is 6.54 Å². The zero-order valence-corrected chi connectivity index (χ0v) is 23.0. The molecule has 2 amide bonds. The summed E-state index contributed by atoms with van der Waals surface area (Å²) in [6.45, 7) is 2.08. The van der Waals surface area contributed by atoms with Crippen LogP contribution in [0.3, 0.4) is 0 Å². The Morgan fingerprint density at radius 2 is 1.97 bits per heavy atom. The molecule has 3 aromatic rings. The van der Waals surface area contributed by atoms with Gasteiger partial charge in [-0.2, -0.15) is 0 Å². The van der Waals surface area contributed by atoms with Crippen LogP contribution < -0.4 is 15.4 Å². The Labute approximate surface area is 231 Å². The van der Waals surface area contributed by atoms with Crippen LogP contribution in [0.25, 0.3) is 0 Å². The number of hydrogen-bond donors (Lipinski definition) is 2. The van der Waals surface area contributed by atoms with Gasteiger partial charge >= 0.3 is 0 Å². The molecular formula is C23H20Cl3N5O3S2. The number of carbonyl (C=O) groups is 2. The van der Waals surface area contributed by atoms with Gasteiger partial charge in [-0.15, -0.1) is 11.3 Å². The van der Waals surface area contributed by atoms with Crippen molar-refractivity contribution in [1.29, 1.82) is 0 Å². The van der Waals surface area contributed by atoms with Gasteiger partial charge in [0.15, 0.2) is 5.17 Å². The predicted molar refractivity (Wildman–Crippen MR) is 149 cm³/mol. The second kappa shape index (κ2) is 11.7. The predicted octanol–water partition coefficient (Wildman–Crippen LogP) is 6.15. The van der Waals surface area contributed by atoms with Crippen LogP contribution in [0.5, 0.6) is 5.75 Å². The Morgan fingerprint density at radius 3 is 2.67 bits per heavy atom. The van der Waals surface area contributed by atoms with E-state index in [-0.39, 0.29) is 27.8 Å². The van der Waals surface area contributed by atoms with E-state index in [1.54, 1.807) is 23.9 Å². The minimum Gasteiger partial charge on any atom is -0.494 e. The summed E-state index contributed by atoms with van der Waals surface area (Å²) >= 11 is 21.5. The van der Waals surface area contributed by atoms with Gasteiger partial charge in [0.2, 0.25) is 0 Å². The lowest BCUT2D eigenvalue weighted by Crippen LogP contribution is -2.24. The van der Waals surface area contributed by atoms with Crippen LogP contribution in [-0.2, 0) is 6.54 Å². The van der Waals surface area contributed by atoms with Gasteiger partial charge in [0.25, 0.3) is 11.8 Å². The smallest absolute Gasteiger partial charge is 0.267 e. The molecule has 36 heavy (non-hydrogen) atoms. The van der Waals surface area contributed by atoms with Crippen molar-refractivity contribution in [1.82, 2.24) is 9.88 Å². The van der Waals surface area contributed by atoms with Crippen LogP contribution in [0.4, 0.5) is 11.5 Å². The standard InChI is InChI=1S/C23H20Cl3N5O3S2/c1-34-16-8-14(25)7-15(21(32)29-17-4-3-13(24)9-28-17)19(16)30-22(33)20-18(26)12(11-36-20)10-31-6-5-27-23(31)35-2/h3-4,7-9,11H,5-6,10H2,1-2H3,(H,30,33)(H,28,29,32). The topological polar surface area (TPSA) is 95.9 Å². The molecule has 0 fully saturated rings. The maximum Gasteiger partial charge on any atom is 0.267 e.